The topological polar surface area (TPSA) is 33.7 Å². The second kappa shape index (κ2) is 8.56. The molecule has 0 amide bonds. The molecule has 1 atom stereocenters. The molecule has 0 spiro atoms. The highest BCUT2D eigenvalue weighted by Gasteiger charge is 2.25. The maximum atomic E-state index is 5.62. The van der Waals surface area contributed by atoms with Gasteiger partial charge < -0.3 is 14.8 Å². The van der Waals surface area contributed by atoms with Gasteiger partial charge in [-0.15, -0.1) is 6.58 Å². The molecule has 5 heteroatoms. The lowest BCUT2D eigenvalue weighted by molar-refractivity contribution is 0.163. The number of halogens is 1. The minimum absolute atomic E-state index is 0.317. The molecule has 1 heterocycles. The number of nitrogens with zero attached hydrogens (tertiary/aromatic N) is 1. The summed E-state index contributed by atoms with van der Waals surface area (Å²) in [5.41, 5.74) is 1.19. The summed E-state index contributed by atoms with van der Waals surface area (Å²) in [4.78, 5) is 2.52. The van der Waals surface area contributed by atoms with E-state index in [9.17, 15) is 0 Å². The number of benzene rings is 1. The van der Waals surface area contributed by atoms with Gasteiger partial charge in [-0.05, 0) is 40.9 Å². The number of nitrogens with one attached hydrogen (secondary N) is 1. The fourth-order valence-electron chi connectivity index (χ4n) is 2.95. The second-order valence-electron chi connectivity index (χ2n) is 5.40. The molecular formula is C17H25BrN2O2. The third-order valence-corrected chi connectivity index (χ3v) is 4.72. The van der Waals surface area contributed by atoms with Gasteiger partial charge in [-0.3, -0.25) is 4.90 Å². The van der Waals surface area contributed by atoms with Crippen molar-refractivity contribution in [2.75, 3.05) is 40.4 Å². The Labute approximate surface area is 141 Å². The van der Waals surface area contributed by atoms with Crippen LogP contribution in [-0.4, -0.2) is 45.3 Å². The summed E-state index contributed by atoms with van der Waals surface area (Å²) in [6.07, 6.45) is 4.00. The third kappa shape index (κ3) is 4.03. The normalized spacial score (nSPS) is 17.0. The molecule has 1 aromatic rings. The maximum absolute atomic E-state index is 5.62. The Morgan fingerprint density at radius 2 is 1.95 bits per heavy atom. The minimum atomic E-state index is 0.317. The largest absolute Gasteiger partial charge is 0.496 e. The Balaban J connectivity index is 2.37. The summed E-state index contributed by atoms with van der Waals surface area (Å²) in [6.45, 7) is 8.01. The van der Waals surface area contributed by atoms with Gasteiger partial charge in [0.25, 0.3) is 0 Å². The van der Waals surface area contributed by atoms with Crippen LogP contribution < -0.4 is 14.8 Å². The summed E-state index contributed by atoms with van der Waals surface area (Å²) in [7, 11) is 3.42. The van der Waals surface area contributed by atoms with E-state index in [1.807, 2.05) is 12.1 Å². The zero-order valence-corrected chi connectivity index (χ0v) is 15.0. The molecule has 4 nitrogen and oxygen atoms in total. The monoisotopic (exact) mass is 368 g/mol. The molecule has 1 fully saturated rings. The first kappa shape index (κ1) is 17.3. The number of methoxy groups -OCH3 is 2. The standard InChI is InChI=1S/C17H25BrN2O2/c1-4-5-6-15(20-9-7-19-8-10-20)13-11-17(22-3)14(18)12-16(13)21-2/h4,11-12,15,19H,1,5-10H2,2-3H3/t15-/m1/s1. The lowest BCUT2D eigenvalue weighted by Crippen LogP contribution is -2.45. The van der Waals surface area contributed by atoms with Crippen LogP contribution in [-0.2, 0) is 0 Å². The fraction of sp³-hybridized carbons (Fsp3) is 0.529. The molecule has 22 heavy (non-hydrogen) atoms. The van der Waals surface area contributed by atoms with Crippen LogP contribution in [0.4, 0.5) is 0 Å². The van der Waals surface area contributed by atoms with Crippen molar-refractivity contribution in [2.45, 2.75) is 18.9 Å². The van der Waals surface area contributed by atoms with E-state index in [4.69, 9.17) is 9.47 Å². The molecule has 1 aliphatic rings. The smallest absolute Gasteiger partial charge is 0.133 e. The molecule has 0 unspecified atom stereocenters. The van der Waals surface area contributed by atoms with Crippen molar-refractivity contribution in [1.82, 2.24) is 10.2 Å². The summed E-state index contributed by atoms with van der Waals surface area (Å²) >= 11 is 3.54. The van der Waals surface area contributed by atoms with Crippen molar-refractivity contribution in [2.24, 2.45) is 0 Å². The first-order valence-corrected chi connectivity index (χ1v) is 8.47. The molecular weight excluding hydrogens is 344 g/mol. The highest BCUT2D eigenvalue weighted by atomic mass is 79.9. The number of ether oxygens (including phenoxy) is 2. The van der Waals surface area contributed by atoms with Gasteiger partial charge in [0.05, 0.1) is 18.7 Å². The molecule has 1 saturated heterocycles. The molecule has 122 valence electrons. The first-order chi connectivity index (χ1) is 10.7. The van der Waals surface area contributed by atoms with Crippen molar-refractivity contribution in [1.29, 1.82) is 0 Å². The van der Waals surface area contributed by atoms with Crippen molar-refractivity contribution in [3.05, 3.63) is 34.8 Å². The summed E-state index contributed by atoms with van der Waals surface area (Å²) < 4.78 is 12.0. The first-order valence-electron chi connectivity index (χ1n) is 7.68. The highest BCUT2D eigenvalue weighted by Crippen LogP contribution is 2.39. The van der Waals surface area contributed by atoms with Gasteiger partial charge in [-0.2, -0.15) is 0 Å². The Morgan fingerprint density at radius 3 is 2.55 bits per heavy atom. The number of hydrogen-bond acceptors (Lipinski definition) is 4. The lowest BCUT2D eigenvalue weighted by atomic mass is 9.98. The SMILES string of the molecule is C=CCC[C@H](c1cc(OC)c(Br)cc1OC)N1CCNCC1. The van der Waals surface area contributed by atoms with Crippen LogP contribution in [0, 0.1) is 0 Å². The van der Waals surface area contributed by atoms with Gasteiger partial charge in [-0.1, -0.05) is 6.08 Å². The average Bonchev–Trinajstić information content (AvgIpc) is 2.56. The number of piperazine rings is 1. The molecule has 1 N–H and O–H groups in total. The zero-order valence-electron chi connectivity index (χ0n) is 13.4. The fourth-order valence-corrected chi connectivity index (χ4v) is 3.43. The van der Waals surface area contributed by atoms with Crippen molar-refractivity contribution in [3.8, 4) is 11.5 Å². The predicted molar refractivity (Wildman–Crippen MR) is 93.9 cm³/mol. The lowest BCUT2D eigenvalue weighted by Gasteiger charge is -2.36. The van der Waals surface area contributed by atoms with E-state index in [-0.39, 0.29) is 0 Å². The van der Waals surface area contributed by atoms with Gasteiger partial charge in [-0.25, -0.2) is 0 Å². The maximum Gasteiger partial charge on any atom is 0.133 e. The van der Waals surface area contributed by atoms with Gasteiger partial charge >= 0.3 is 0 Å². The van der Waals surface area contributed by atoms with Crippen LogP contribution in [0.25, 0.3) is 0 Å². The van der Waals surface area contributed by atoms with Crippen molar-refractivity contribution in [3.63, 3.8) is 0 Å². The number of allylic oxidation sites excluding steroid dienone is 1. The molecule has 0 bridgehead atoms. The van der Waals surface area contributed by atoms with Crippen LogP contribution in [0.5, 0.6) is 11.5 Å². The van der Waals surface area contributed by atoms with Gasteiger partial charge in [0.2, 0.25) is 0 Å². The minimum Gasteiger partial charge on any atom is -0.496 e. The Hall–Kier alpha value is -1.04. The van der Waals surface area contributed by atoms with E-state index < -0.39 is 0 Å². The Kier molecular flexibility index (Phi) is 6.73. The van der Waals surface area contributed by atoms with E-state index in [1.54, 1.807) is 14.2 Å². The number of hydrogen-bond donors (Lipinski definition) is 1. The summed E-state index contributed by atoms with van der Waals surface area (Å²) in [5.74, 6) is 1.75. The van der Waals surface area contributed by atoms with Crippen molar-refractivity contribution >= 4 is 15.9 Å². The van der Waals surface area contributed by atoms with E-state index in [2.05, 4.69) is 38.8 Å². The molecule has 0 aromatic heterocycles. The van der Waals surface area contributed by atoms with Crippen LogP contribution in [0.15, 0.2) is 29.3 Å². The average molecular weight is 369 g/mol. The molecule has 1 aliphatic heterocycles. The van der Waals surface area contributed by atoms with Crippen LogP contribution in [0.1, 0.15) is 24.4 Å². The third-order valence-electron chi connectivity index (χ3n) is 4.10. The second-order valence-corrected chi connectivity index (χ2v) is 6.25. The van der Waals surface area contributed by atoms with E-state index >= 15 is 0 Å². The van der Waals surface area contributed by atoms with Crippen molar-refractivity contribution < 1.29 is 9.47 Å². The van der Waals surface area contributed by atoms with Gasteiger partial charge in [0.15, 0.2) is 0 Å². The van der Waals surface area contributed by atoms with Gasteiger partial charge in [0.1, 0.15) is 11.5 Å². The van der Waals surface area contributed by atoms with Crippen LogP contribution in [0.2, 0.25) is 0 Å². The quantitative estimate of drug-likeness (QED) is 0.748. The summed E-state index contributed by atoms with van der Waals surface area (Å²) in [5, 5.41) is 3.41. The molecule has 0 saturated carbocycles. The molecule has 1 aromatic carbocycles. The van der Waals surface area contributed by atoms with Gasteiger partial charge in [0, 0.05) is 37.8 Å². The molecule has 0 aliphatic carbocycles. The van der Waals surface area contributed by atoms with E-state index in [0.717, 1.165) is 55.0 Å². The van der Waals surface area contributed by atoms with Crippen LogP contribution >= 0.6 is 15.9 Å². The number of rotatable bonds is 7. The highest BCUT2D eigenvalue weighted by molar-refractivity contribution is 9.10. The molecule has 0 radical (unpaired) electrons. The molecule has 2 rings (SSSR count). The Bertz CT molecular complexity index is 502. The zero-order chi connectivity index (χ0) is 15.9. The van der Waals surface area contributed by atoms with Crippen LogP contribution in [0.3, 0.4) is 0 Å². The predicted octanol–water partition coefficient (Wildman–Crippen LogP) is 3.38. The van der Waals surface area contributed by atoms with E-state index in [1.165, 1.54) is 5.56 Å². The summed E-state index contributed by atoms with van der Waals surface area (Å²) in [6, 6.07) is 4.41. The van der Waals surface area contributed by atoms with E-state index in [0.29, 0.717) is 6.04 Å². The Morgan fingerprint density at radius 1 is 1.27 bits per heavy atom.